The van der Waals surface area contributed by atoms with Gasteiger partial charge in [0.1, 0.15) is 5.60 Å². The Labute approximate surface area is 181 Å². The molecule has 31 heavy (non-hydrogen) atoms. The number of carbonyl (C=O) groups excluding carboxylic acids is 1. The first-order chi connectivity index (χ1) is 14.6. The van der Waals surface area contributed by atoms with Crippen molar-refractivity contribution in [2.75, 3.05) is 18.9 Å². The zero-order valence-electron chi connectivity index (χ0n) is 17.9. The van der Waals surface area contributed by atoms with Crippen molar-refractivity contribution >= 4 is 27.4 Å². The number of nitrogens with one attached hydrogen (secondary N) is 1. The first kappa shape index (κ1) is 21.1. The van der Waals surface area contributed by atoms with Crippen LogP contribution >= 0.6 is 0 Å². The first-order valence-electron chi connectivity index (χ1n) is 9.97. The zero-order chi connectivity index (χ0) is 22.4. The summed E-state index contributed by atoms with van der Waals surface area (Å²) in [5.41, 5.74) is 1.32. The number of sulfone groups is 1. The van der Waals surface area contributed by atoms with Crippen LogP contribution in [0.4, 0.5) is 10.6 Å². The fourth-order valence-electron chi connectivity index (χ4n) is 3.58. The Morgan fingerprint density at radius 1 is 1.19 bits per heavy atom. The Kier molecular flexibility index (Phi) is 5.12. The van der Waals surface area contributed by atoms with Crippen molar-refractivity contribution in [3.8, 4) is 0 Å². The molecule has 1 aromatic carbocycles. The number of ether oxygens (including phenoxy) is 1. The fourth-order valence-corrected chi connectivity index (χ4v) is 5.11. The molecule has 2 aromatic heterocycles. The van der Waals surface area contributed by atoms with Crippen LogP contribution in [0.25, 0.3) is 5.65 Å². The van der Waals surface area contributed by atoms with Crippen LogP contribution in [-0.2, 0) is 27.5 Å². The summed E-state index contributed by atoms with van der Waals surface area (Å²) in [6, 6.07) is 8.22. The lowest BCUT2D eigenvalue weighted by Crippen LogP contribution is -2.40. The molecular formula is C21H25N5O4S. The molecule has 0 radical (unpaired) electrons. The quantitative estimate of drug-likeness (QED) is 0.663. The second-order valence-corrected chi connectivity index (χ2v) is 10.2. The number of benzene rings is 1. The lowest BCUT2D eigenvalue weighted by Gasteiger charge is -2.31. The Hall–Kier alpha value is -3.14. The van der Waals surface area contributed by atoms with E-state index in [9.17, 15) is 13.2 Å². The molecule has 3 aromatic rings. The van der Waals surface area contributed by atoms with Gasteiger partial charge >= 0.3 is 6.09 Å². The van der Waals surface area contributed by atoms with E-state index in [0.717, 1.165) is 11.3 Å². The van der Waals surface area contributed by atoms with E-state index in [4.69, 9.17) is 4.74 Å². The Balaban J connectivity index is 1.77. The Morgan fingerprint density at radius 3 is 2.55 bits per heavy atom. The zero-order valence-corrected chi connectivity index (χ0v) is 18.7. The predicted molar refractivity (Wildman–Crippen MR) is 115 cm³/mol. The van der Waals surface area contributed by atoms with Gasteiger partial charge in [-0.05, 0) is 32.9 Å². The van der Waals surface area contributed by atoms with Crippen molar-refractivity contribution in [2.24, 2.45) is 0 Å². The van der Waals surface area contributed by atoms with Crippen LogP contribution in [-0.4, -0.2) is 53.2 Å². The minimum Gasteiger partial charge on any atom is -0.444 e. The molecule has 0 bridgehead atoms. The number of nitrogens with zero attached hydrogens (tertiary/aromatic N) is 4. The molecule has 10 heteroatoms. The largest absolute Gasteiger partial charge is 0.444 e. The van der Waals surface area contributed by atoms with Gasteiger partial charge in [-0.3, -0.25) is 0 Å². The molecule has 164 valence electrons. The number of hydrogen-bond acceptors (Lipinski definition) is 7. The summed E-state index contributed by atoms with van der Waals surface area (Å²) in [5, 5.41) is 7.38. The minimum atomic E-state index is -3.83. The van der Waals surface area contributed by atoms with Gasteiger partial charge in [0, 0.05) is 31.8 Å². The lowest BCUT2D eigenvalue weighted by molar-refractivity contribution is 0.0222. The highest BCUT2D eigenvalue weighted by atomic mass is 32.2. The molecular weight excluding hydrogens is 418 g/mol. The predicted octanol–water partition coefficient (Wildman–Crippen LogP) is 2.90. The molecule has 0 spiro atoms. The van der Waals surface area contributed by atoms with Crippen LogP contribution in [0.2, 0.25) is 0 Å². The summed E-state index contributed by atoms with van der Waals surface area (Å²) < 4.78 is 33.7. The van der Waals surface area contributed by atoms with Crippen molar-refractivity contribution < 1.29 is 17.9 Å². The number of hydrogen-bond donors (Lipinski definition) is 1. The minimum absolute atomic E-state index is 0.0403. The normalized spacial score (nSPS) is 14.4. The third-order valence-electron chi connectivity index (χ3n) is 4.98. The van der Waals surface area contributed by atoms with Crippen molar-refractivity contribution in [2.45, 2.75) is 49.1 Å². The molecule has 3 heterocycles. The van der Waals surface area contributed by atoms with Gasteiger partial charge in [-0.25, -0.2) is 22.7 Å². The van der Waals surface area contributed by atoms with Crippen molar-refractivity contribution in [3.63, 3.8) is 0 Å². The highest BCUT2D eigenvalue weighted by molar-refractivity contribution is 7.91. The monoisotopic (exact) mass is 443 g/mol. The Morgan fingerprint density at radius 2 is 1.90 bits per heavy atom. The molecule has 9 nitrogen and oxygen atoms in total. The van der Waals surface area contributed by atoms with E-state index in [1.165, 1.54) is 0 Å². The van der Waals surface area contributed by atoms with Crippen molar-refractivity contribution in [1.29, 1.82) is 0 Å². The van der Waals surface area contributed by atoms with Gasteiger partial charge in [-0.1, -0.05) is 18.2 Å². The van der Waals surface area contributed by atoms with Crippen LogP contribution in [0.15, 0.2) is 46.3 Å². The number of fused-ring (bicyclic) bond motifs is 3. The number of carbonyl (C=O) groups is 1. The van der Waals surface area contributed by atoms with E-state index in [1.54, 1.807) is 53.0 Å². The van der Waals surface area contributed by atoms with Crippen LogP contribution in [0.1, 0.15) is 32.0 Å². The van der Waals surface area contributed by atoms with E-state index in [0.29, 0.717) is 19.5 Å². The Bertz CT molecular complexity index is 1250. The maximum atomic E-state index is 13.3. The molecule has 0 saturated heterocycles. The highest BCUT2D eigenvalue weighted by Gasteiger charge is 2.32. The summed E-state index contributed by atoms with van der Waals surface area (Å²) in [5.74, 6) is 0.235. The number of rotatable bonds is 3. The SMILES string of the molecule is CNc1nn2c3c(cnc2c1S(=O)(=O)c1ccccc1)CN(C(=O)OC(C)(C)C)CC3. The molecule has 0 aliphatic carbocycles. The van der Waals surface area contributed by atoms with Crippen molar-refractivity contribution in [3.05, 3.63) is 47.8 Å². The smallest absolute Gasteiger partial charge is 0.410 e. The van der Waals surface area contributed by atoms with Gasteiger partial charge in [0.25, 0.3) is 0 Å². The fraction of sp³-hybridized carbons (Fsp3) is 0.381. The van der Waals surface area contributed by atoms with Crippen LogP contribution in [0, 0.1) is 0 Å². The molecule has 1 amide bonds. The number of aromatic nitrogens is 3. The molecule has 0 unspecified atom stereocenters. The lowest BCUT2D eigenvalue weighted by atomic mass is 10.1. The summed E-state index contributed by atoms with van der Waals surface area (Å²) in [7, 11) is -2.20. The molecule has 4 rings (SSSR count). The average Bonchev–Trinajstić information content (AvgIpc) is 3.12. The molecule has 1 N–H and O–H groups in total. The topological polar surface area (TPSA) is 106 Å². The van der Waals surface area contributed by atoms with Gasteiger partial charge in [-0.15, -0.1) is 5.10 Å². The average molecular weight is 444 g/mol. The number of amides is 1. The van der Waals surface area contributed by atoms with Crippen molar-refractivity contribution in [1.82, 2.24) is 19.5 Å². The van der Waals surface area contributed by atoms with E-state index in [2.05, 4.69) is 15.4 Å². The molecule has 0 atom stereocenters. The van der Waals surface area contributed by atoms with Gasteiger partial charge in [0.15, 0.2) is 16.4 Å². The first-order valence-corrected chi connectivity index (χ1v) is 11.5. The van der Waals surface area contributed by atoms with Gasteiger partial charge < -0.3 is 15.0 Å². The molecule has 0 fully saturated rings. The summed E-state index contributed by atoms with van der Waals surface area (Å²) >= 11 is 0. The van der Waals surface area contributed by atoms with E-state index >= 15 is 0 Å². The second-order valence-electron chi connectivity index (χ2n) is 8.36. The number of anilines is 1. The third-order valence-corrected chi connectivity index (χ3v) is 6.78. The van der Waals surface area contributed by atoms with Gasteiger partial charge in [-0.2, -0.15) is 0 Å². The molecule has 1 aliphatic rings. The van der Waals surface area contributed by atoms with Gasteiger partial charge in [0.05, 0.1) is 17.1 Å². The summed E-state index contributed by atoms with van der Waals surface area (Å²) in [6.45, 7) is 6.24. The third kappa shape index (κ3) is 3.83. The molecule has 1 aliphatic heterocycles. The van der Waals surface area contributed by atoms with Gasteiger partial charge in [0.2, 0.25) is 9.84 Å². The summed E-state index contributed by atoms with van der Waals surface area (Å²) in [4.78, 5) is 18.7. The summed E-state index contributed by atoms with van der Waals surface area (Å²) in [6.07, 6.45) is 1.73. The standard InChI is InChI=1S/C21H25N5O4S/c1-21(2,3)30-20(27)25-11-10-16-14(13-25)12-23-19-17(18(22-4)24-26(16)19)31(28,29)15-8-6-5-7-9-15/h5-9,12H,10-11,13H2,1-4H3,(H,22,24). The molecule has 0 saturated carbocycles. The van der Waals surface area contributed by atoms with E-state index in [1.807, 2.05) is 20.8 Å². The highest BCUT2D eigenvalue weighted by Crippen LogP contribution is 2.32. The van der Waals surface area contributed by atoms with E-state index in [-0.39, 0.29) is 27.3 Å². The maximum Gasteiger partial charge on any atom is 0.410 e. The van der Waals surface area contributed by atoms with Crippen LogP contribution < -0.4 is 5.32 Å². The maximum absolute atomic E-state index is 13.3. The second kappa shape index (κ2) is 7.52. The van der Waals surface area contributed by atoms with E-state index < -0.39 is 15.4 Å². The van der Waals surface area contributed by atoms with Crippen LogP contribution in [0.3, 0.4) is 0 Å². The van der Waals surface area contributed by atoms with Crippen LogP contribution in [0.5, 0.6) is 0 Å².